The highest BCUT2D eigenvalue weighted by Gasteiger charge is 2.38. The van der Waals surface area contributed by atoms with Crippen LogP contribution < -0.4 is 10.5 Å². The van der Waals surface area contributed by atoms with E-state index in [4.69, 9.17) is 10.5 Å². The predicted octanol–water partition coefficient (Wildman–Crippen LogP) is 1.96. The van der Waals surface area contributed by atoms with Gasteiger partial charge in [-0.05, 0) is 42.9 Å². The molecule has 1 heterocycles. The van der Waals surface area contributed by atoms with Gasteiger partial charge in [-0.2, -0.15) is 0 Å². The summed E-state index contributed by atoms with van der Waals surface area (Å²) < 4.78 is 5.60. The Labute approximate surface area is 90.4 Å². The molecule has 1 aliphatic heterocycles. The molecule has 1 fully saturated rings. The van der Waals surface area contributed by atoms with E-state index in [2.05, 4.69) is 19.1 Å². The fourth-order valence-corrected chi connectivity index (χ4v) is 2.43. The molecule has 0 saturated heterocycles. The molecule has 80 valence electrons. The minimum atomic E-state index is 0.111. The lowest BCUT2D eigenvalue weighted by atomic mass is 9.98. The maximum atomic E-state index is 6.14. The third-order valence-electron chi connectivity index (χ3n) is 3.48. The van der Waals surface area contributed by atoms with Gasteiger partial charge in [0.15, 0.2) is 0 Å². The van der Waals surface area contributed by atoms with E-state index in [1.807, 2.05) is 0 Å². The number of fused-ring (bicyclic) bond motifs is 1. The Morgan fingerprint density at radius 1 is 1.40 bits per heavy atom. The highest BCUT2D eigenvalue weighted by atomic mass is 16.5. The maximum absolute atomic E-state index is 6.14. The smallest absolute Gasteiger partial charge is 0.125 e. The van der Waals surface area contributed by atoms with Crippen LogP contribution >= 0.6 is 0 Å². The Morgan fingerprint density at radius 3 is 2.93 bits per heavy atom. The van der Waals surface area contributed by atoms with Gasteiger partial charge >= 0.3 is 0 Å². The van der Waals surface area contributed by atoms with Crippen molar-refractivity contribution in [2.24, 2.45) is 5.73 Å². The molecule has 1 aromatic rings. The van der Waals surface area contributed by atoms with Crippen molar-refractivity contribution >= 4 is 0 Å². The standard InChI is InChI=1S/C13H17NO/c1-9-6-10(8-13(14)3-4-13)7-11-2-5-15-12(9)11/h6-7H,2-5,8,14H2,1H3. The van der Waals surface area contributed by atoms with E-state index in [-0.39, 0.29) is 5.54 Å². The Morgan fingerprint density at radius 2 is 2.20 bits per heavy atom. The molecule has 1 saturated carbocycles. The summed E-state index contributed by atoms with van der Waals surface area (Å²) in [5.41, 5.74) is 10.3. The summed E-state index contributed by atoms with van der Waals surface area (Å²) in [6.45, 7) is 2.97. The zero-order chi connectivity index (χ0) is 10.5. The number of aryl methyl sites for hydroxylation is 1. The van der Waals surface area contributed by atoms with Crippen LogP contribution in [0.4, 0.5) is 0 Å². The van der Waals surface area contributed by atoms with Crippen LogP contribution in [-0.2, 0) is 12.8 Å². The number of nitrogens with two attached hydrogens (primary N) is 1. The first-order valence-corrected chi connectivity index (χ1v) is 5.70. The molecule has 3 rings (SSSR count). The van der Waals surface area contributed by atoms with Crippen molar-refractivity contribution in [3.05, 3.63) is 28.8 Å². The summed E-state index contributed by atoms with van der Waals surface area (Å²) in [6, 6.07) is 4.51. The van der Waals surface area contributed by atoms with Crippen molar-refractivity contribution in [3.63, 3.8) is 0 Å². The molecule has 0 unspecified atom stereocenters. The summed E-state index contributed by atoms with van der Waals surface area (Å²) >= 11 is 0. The lowest BCUT2D eigenvalue weighted by molar-refractivity contribution is 0.354. The van der Waals surface area contributed by atoms with Crippen LogP contribution in [0, 0.1) is 6.92 Å². The quantitative estimate of drug-likeness (QED) is 0.797. The van der Waals surface area contributed by atoms with Crippen LogP contribution in [0.15, 0.2) is 12.1 Å². The Bertz CT molecular complexity index is 407. The first kappa shape index (κ1) is 9.22. The van der Waals surface area contributed by atoms with E-state index in [0.717, 1.165) is 25.2 Å². The number of ether oxygens (including phenoxy) is 1. The molecular weight excluding hydrogens is 186 g/mol. The fourth-order valence-electron chi connectivity index (χ4n) is 2.43. The van der Waals surface area contributed by atoms with Gasteiger partial charge < -0.3 is 10.5 Å². The maximum Gasteiger partial charge on any atom is 0.125 e. The van der Waals surface area contributed by atoms with Crippen LogP contribution in [0.2, 0.25) is 0 Å². The van der Waals surface area contributed by atoms with Gasteiger partial charge in [-0.1, -0.05) is 12.1 Å². The molecule has 2 heteroatoms. The van der Waals surface area contributed by atoms with Crippen molar-refractivity contribution in [3.8, 4) is 5.75 Å². The summed E-state index contributed by atoms with van der Waals surface area (Å²) in [5, 5.41) is 0. The summed E-state index contributed by atoms with van der Waals surface area (Å²) in [5.74, 6) is 1.11. The molecule has 0 radical (unpaired) electrons. The Kier molecular flexibility index (Phi) is 1.84. The van der Waals surface area contributed by atoms with Gasteiger partial charge in [0, 0.05) is 12.0 Å². The minimum absolute atomic E-state index is 0.111. The van der Waals surface area contributed by atoms with Gasteiger partial charge in [0.05, 0.1) is 6.61 Å². The second kappa shape index (κ2) is 2.99. The number of hydrogen-bond acceptors (Lipinski definition) is 2. The van der Waals surface area contributed by atoms with Crippen molar-refractivity contribution in [2.45, 2.75) is 38.1 Å². The number of hydrogen-bond donors (Lipinski definition) is 1. The molecule has 0 spiro atoms. The molecule has 0 aromatic heterocycles. The van der Waals surface area contributed by atoms with Crippen molar-refractivity contribution in [2.75, 3.05) is 6.61 Å². The Balaban J connectivity index is 1.93. The normalized spacial score (nSPS) is 20.9. The first-order valence-electron chi connectivity index (χ1n) is 5.70. The van der Waals surface area contributed by atoms with E-state index < -0.39 is 0 Å². The largest absolute Gasteiger partial charge is 0.493 e. The van der Waals surface area contributed by atoms with Gasteiger partial charge in [-0.25, -0.2) is 0 Å². The molecule has 2 nitrogen and oxygen atoms in total. The van der Waals surface area contributed by atoms with Crippen molar-refractivity contribution < 1.29 is 4.74 Å². The number of benzene rings is 1. The van der Waals surface area contributed by atoms with Crippen molar-refractivity contribution in [1.82, 2.24) is 0 Å². The van der Waals surface area contributed by atoms with E-state index in [0.29, 0.717) is 0 Å². The van der Waals surface area contributed by atoms with E-state index in [1.165, 1.54) is 29.5 Å². The van der Waals surface area contributed by atoms with E-state index in [9.17, 15) is 0 Å². The van der Waals surface area contributed by atoms with Crippen molar-refractivity contribution in [1.29, 1.82) is 0 Å². The topological polar surface area (TPSA) is 35.2 Å². The lowest BCUT2D eigenvalue weighted by Crippen LogP contribution is -2.24. The molecule has 1 aliphatic carbocycles. The molecule has 15 heavy (non-hydrogen) atoms. The van der Waals surface area contributed by atoms with Gasteiger partial charge in [0.1, 0.15) is 5.75 Å². The molecule has 2 N–H and O–H groups in total. The second-order valence-corrected chi connectivity index (χ2v) is 5.04. The average Bonchev–Trinajstić information content (AvgIpc) is 2.73. The average molecular weight is 203 g/mol. The summed E-state index contributed by atoms with van der Waals surface area (Å²) in [6.07, 6.45) is 4.45. The van der Waals surface area contributed by atoms with Crippen LogP contribution in [-0.4, -0.2) is 12.1 Å². The third kappa shape index (κ3) is 1.63. The molecule has 2 aliphatic rings. The van der Waals surface area contributed by atoms with Gasteiger partial charge in [-0.15, -0.1) is 0 Å². The summed E-state index contributed by atoms with van der Waals surface area (Å²) in [4.78, 5) is 0. The SMILES string of the molecule is Cc1cc(CC2(N)CC2)cc2c1OCC2. The Hall–Kier alpha value is -1.02. The van der Waals surface area contributed by atoms with E-state index >= 15 is 0 Å². The minimum Gasteiger partial charge on any atom is -0.493 e. The molecule has 0 atom stereocenters. The highest BCUT2D eigenvalue weighted by molar-refractivity contribution is 5.46. The van der Waals surface area contributed by atoms with Crippen LogP contribution in [0.25, 0.3) is 0 Å². The molecular formula is C13H17NO. The second-order valence-electron chi connectivity index (χ2n) is 5.04. The molecule has 0 bridgehead atoms. The monoisotopic (exact) mass is 203 g/mol. The van der Waals surface area contributed by atoms with Gasteiger partial charge in [0.2, 0.25) is 0 Å². The predicted molar refractivity (Wildman–Crippen MR) is 60.2 cm³/mol. The van der Waals surface area contributed by atoms with Crippen LogP contribution in [0.5, 0.6) is 5.75 Å². The third-order valence-corrected chi connectivity index (χ3v) is 3.48. The zero-order valence-corrected chi connectivity index (χ0v) is 9.18. The van der Waals surface area contributed by atoms with Crippen LogP contribution in [0.3, 0.4) is 0 Å². The fraction of sp³-hybridized carbons (Fsp3) is 0.538. The van der Waals surface area contributed by atoms with Crippen LogP contribution in [0.1, 0.15) is 29.5 Å². The van der Waals surface area contributed by atoms with E-state index in [1.54, 1.807) is 0 Å². The number of rotatable bonds is 2. The van der Waals surface area contributed by atoms with Gasteiger partial charge in [0.25, 0.3) is 0 Å². The summed E-state index contributed by atoms with van der Waals surface area (Å²) in [7, 11) is 0. The highest BCUT2D eigenvalue weighted by Crippen LogP contribution is 2.38. The molecule has 0 amide bonds. The zero-order valence-electron chi connectivity index (χ0n) is 9.18. The lowest BCUT2D eigenvalue weighted by Gasteiger charge is -2.11. The van der Waals surface area contributed by atoms with Gasteiger partial charge in [-0.3, -0.25) is 0 Å². The first-order chi connectivity index (χ1) is 7.16. The molecule has 1 aromatic carbocycles.